The smallest absolute Gasteiger partial charge is 0.303 e. The van der Waals surface area contributed by atoms with Crippen molar-refractivity contribution in [1.82, 2.24) is 5.32 Å². The van der Waals surface area contributed by atoms with Crippen LogP contribution in [0.25, 0.3) is 32.7 Å². The molecule has 0 aromatic heterocycles. The first-order valence-electron chi connectivity index (χ1n) is 13.8. The van der Waals surface area contributed by atoms with Gasteiger partial charge in [-0.1, -0.05) is 104 Å². The monoisotopic (exact) mass is 535 g/mol. The number of carbonyl (C=O) groups is 1. The van der Waals surface area contributed by atoms with E-state index in [9.17, 15) is 15.0 Å². The average Bonchev–Trinajstić information content (AvgIpc) is 2.97. The molecule has 0 saturated carbocycles. The van der Waals surface area contributed by atoms with E-state index in [4.69, 9.17) is 5.11 Å². The van der Waals surface area contributed by atoms with E-state index in [0.29, 0.717) is 11.1 Å². The zero-order chi connectivity index (χ0) is 28.5. The van der Waals surface area contributed by atoms with E-state index >= 15 is 0 Å². The highest BCUT2D eigenvalue weighted by Gasteiger charge is 2.16. The molecule has 0 heterocycles. The average molecular weight is 536 g/mol. The number of hydrogen-bond acceptors (Lipinski definition) is 4. The molecule has 0 saturated heterocycles. The number of fused-ring (bicyclic) bond motifs is 2. The van der Waals surface area contributed by atoms with Gasteiger partial charge in [-0.3, -0.25) is 4.79 Å². The second kappa shape index (κ2) is 13.6. The topological polar surface area (TPSA) is 89.8 Å². The van der Waals surface area contributed by atoms with Crippen LogP contribution in [-0.4, -0.2) is 27.8 Å². The number of phenolic OH excluding ortho intramolecular Hbond substituents is 2. The molecule has 0 fully saturated rings. The highest BCUT2D eigenvalue weighted by molar-refractivity contribution is 6.09. The molecule has 5 nitrogen and oxygen atoms in total. The van der Waals surface area contributed by atoms with Crippen LogP contribution in [0, 0.1) is 5.92 Å². The lowest BCUT2D eigenvalue weighted by molar-refractivity contribution is -0.138. The summed E-state index contributed by atoms with van der Waals surface area (Å²) in [7, 11) is 0. The molecule has 0 aliphatic heterocycles. The zero-order valence-electron chi connectivity index (χ0n) is 23.0. The third kappa shape index (κ3) is 6.99. The van der Waals surface area contributed by atoms with E-state index in [1.54, 1.807) is 12.1 Å². The summed E-state index contributed by atoms with van der Waals surface area (Å²) in [6.07, 6.45) is 2.24. The molecule has 0 spiro atoms. The molecule has 0 unspecified atom stereocenters. The SMILES string of the molecule is CCC[C@@H](CN[C@H](C)c1ccccc1)CC(=O)O.Oc1ccc2ccccc2c1-c1c(O)ccc2ccccc12. The molecule has 2 atom stereocenters. The van der Waals surface area contributed by atoms with E-state index in [1.807, 2.05) is 78.9 Å². The molecule has 0 bridgehead atoms. The number of carboxylic acids is 1. The van der Waals surface area contributed by atoms with Gasteiger partial charge in [-0.15, -0.1) is 0 Å². The van der Waals surface area contributed by atoms with Crippen molar-refractivity contribution in [2.45, 2.75) is 39.2 Å². The normalized spacial score (nSPS) is 12.4. The summed E-state index contributed by atoms with van der Waals surface area (Å²) in [6, 6.07) is 33.3. The van der Waals surface area contributed by atoms with Gasteiger partial charge < -0.3 is 20.6 Å². The van der Waals surface area contributed by atoms with E-state index < -0.39 is 5.97 Å². The molecule has 5 aromatic rings. The van der Waals surface area contributed by atoms with Gasteiger partial charge in [-0.2, -0.15) is 0 Å². The van der Waals surface area contributed by atoms with Crippen molar-refractivity contribution in [3.63, 3.8) is 0 Å². The van der Waals surface area contributed by atoms with Crippen LogP contribution in [0.5, 0.6) is 11.5 Å². The summed E-state index contributed by atoms with van der Waals surface area (Å²) in [6.45, 7) is 4.96. The lowest BCUT2D eigenvalue weighted by Crippen LogP contribution is -2.27. The van der Waals surface area contributed by atoms with Gasteiger partial charge >= 0.3 is 5.97 Å². The van der Waals surface area contributed by atoms with Gasteiger partial charge in [0.25, 0.3) is 0 Å². The van der Waals surface area contributed by atoms with E-state index in [2.05, 4.69) is 31.3 Å². The summed E-state index contributed by atoms with van der Waals surface area (Å²) >= 11 is 0. The molecule has 206 valence electrons. The first kappa shape index (κ1) is 28.7. The van der Waals surface area contributed by atoms with Crippen LogP contribution in [-0.2, 0) is 4.79 Å². The lowest BCUT2D eigenvalue weighted by atomic mass is 9.92. The predicted octanol–water partition coefficient (Wildman–Crippen LogP) is 8.30. The van der Waals surface area contributed by atoms with Crippen LogP contribution < -0.4 is 5.32 Å². The minimum atomic E-state index is -0.706. The van der Waals surface area contributed by atoms with Crippen molar-refractivity contribution in [3.8, 4) is 22.6 Å². The molecule has 0 radical (unpaired) electrons. The molecule has 5 aromatic carbocycles. The van der Waals surface area contributed by atoms with E-state index in [1.165, 1.54) is 5.56 Å². The first-order valence-corrected chi connectivity index (χ1v) is 13.8. The van der Waals surface area contributed by atoms with Gasteiger partial charge in [0.05, 0.1) is 0 Å². The Morgan fingerprint density at radius 3 is 1.73 bits per heavy atom. The Morgan fingerprint density at radius 2 is 1.23 bits per heavy atom. The van der Waals surface area contributed by atoms with Crippen LogP contribution in [0.4, 0.5) is 0 Å². The van der Waals surface area contributed by atoms with Crippen molar-refractivity contribution < 1.29 is 20.1 Å². The summed E-state index contributed by atoms with van der Waals surface area (Å²) in [4.78, 5) is 10.8. The van der Waals surface area contributed by atoms with Crippen molar-refractivity contribution in [3.05, 3.63) is 109 Å². The molecule has 5 rings (SSSR count). The minimum absolute atomic E-state index is 0.172. The highest BCUT2D eigenvalue weighted by Crippen LogP contribution is 2.44. The van der Waals surface area contributed by atoms with Crippen molar-refractivity contribution in [1.29, 1.82) is 0 Å². The second-order valence-corrected chi connectivity index (χ2v) is 10.2. The number of hydrogen-bond donors (Lipinski definition) is 4. The van der Waals surface area contributed by atoms with Crippen LogP contribution in [0.3, 0.4) is 0 Å². The molecule has 5 heteroatoms. The van der Waals surface area contributed by atoms with Crippen molar-refractivity contribution in [2.24, 2.45) is 5.92 Å². The number of carboxylic acid groups (broad SMARTS) is 1. The fourth-order valence-electron chi connectivity index (χ4n) is 5.18. The van der Waals surface area contributed by atoms with Crippen LogP contribution in [0.15, 0.2) is 103 Å². The Morgan fingerprint density at radius 1 is 0.725 bits per heavy atom. The maximum absolute atomic E-state index is 10.8. The fraction of sp³-hybridized carbons (Fsp3) is 0.229. The molecular formula is C35H37NO4. The van der Waals surface area contributed by atoms with Gasteiger partial charge in [0.1, 0.15) is 11.5 Å². The zero-order valence-corrected chi connectivity index (χ0v) is 23.0. The van der Waals surface area contributed by atoms with E-state index in [0.717, 1.165) is 40.9 Å². The summed E-state index contributed by atoms with van der Waals surface area (Å²) in [5, 5.41) is 37.1. The molecule has 0 aliphatic rings. The molecule has 4 N–H and O–H groups in total. The molecule has 40 heavy (non-hydrogen) atoms. The number of phenols is 2. The number of nitrogens with one attached hydrogen (secondary N) is 1. The van der Waals surface area contributed by atoms with Crippen molar-refractivity contribution in [2.75, 3.05) is 6.54 Å². The van der Waals surface area contributed by atoms with Gasteiger partial charge in [0, 0.05) is 23.6 Å². The quantitative estimate of drug-likeness (QED) is 0.152. The third-order valence-electron chi connectivity index (χ3n) is 7.24. The molecule has 0 amide bonds. The predicted molar refractivity (Wildman–Crippen MR) is 164 cm³/mol. The number of aliphatic carboxylic acids is 1. The Labute approximate surface area is 235 Å². The van der Waals surface area contributed by atoms with Crippen LogP contribution >= 0.6 is 0 Å². The lowest BCUT2D eigenvalue weighted by Gasteiger charge is -2.19. The summed E-state index contributed by atoms with van der Waals surface area (Å²) in [5.41, 5.74) is 2.59. The summed E-state index contributed by atoms with van der Waals surface area (Å²) in [5.74, 6) is -0.142. The van der Waals surface area contributed by atoms with E-state index in [-0.39, 0.29) is 29.9 Å². The Kier molecular flexibility index (Phi) is 9.76. The fourth-order valence-corrected chi connectivity index (χ4v) is 5.18. The highest BCUT2D eigenvalue weighted by atomic mass is 16.4. The van der Waals surface area contributed by atoms with Gasteiger partial charge in [0.15, 0.2) is 0 Å². The Balaban J connectivity index is 0.000000190. The Bertz CT molecular complexity index is 1480. The van der Waals surface area contributed by atoms with Gasteiger partial charge in [-0.25, -0.2) is 0 Å². The largest absolute Gasteiger partial charge is 0.507 e. The number of benzene rings is 5. The first-order chi connectivity index (χ1) is 19.4. The maximum atomic E-state index is 10.8. The molecular weight excluding hydrogens is 498 g/mol. The second-order valence-electron chi connectivity index (χ2n) is 10.2. The van der Waals surface area contributed by atoms with Crippen LogP contribution in [0.1, 0.15) is 44.7 Å². The number of aromatic hydroxyl groups is 2. The summed E-state index contributed by atoms with van der Waals surface area (Å²) < 4.78 is 0. The number of rotatable bonds is 9. The van der Waals surface area contributed by atoms with Gasteiger partial charge in [-0.05, 0) is 65.0 Å². The van der Waals surface area contributed by atoms with Gasteiger partial charge in [0.2, 0.25) is 0 Å². The maximum Gasteiger partial charge on any atom is 0.303 e. The van der Waals surface area contributed by atoms with Crippen LogP contribution in [0.2, 0.25) is 0 Å². The third-order valence-corrected chi connectivity index (χ3v) is 7.24. The standard InChI is InChI=1S/C20H14O2.C15H23NO2/c21-17-11-9-13-5-1-3-7-15(13)19(17)20-16-8-4-2-6-14(16)10-12-18(20)22;1-3-7-13(10-15(17)18)11-16-12(2)14-8-5-4-6-9-14/h1-12,21-22H;4-6,8-9,12-13,16H,3,7,10-11H2,1-2H3,(H,17,18)/t;12-,13-/m.1/s1. The Hall–Kier alpha value is -4.35. The minimum Gasteiger partial charge on any atom is -0.507 e. The van der Waals surface area contributed by atoms with Crippen molar-refractivity contribution >= 4 is 27.5 Å². The molecule has 0 aliphatic carbocycles.